The second kappa shape index (κ2) is 6.63. The molecule has 0 radical (unpaired) electrons. The van der Waals surface area contributed by atoms with E-state index in [2.05, 4.69) is 21.2 Å². The SMILES string of the molecule is Cc1cc(F)c(Br)cc1NC(=O)C(CO)CC(=O)O. The first-order valence-electron chi connectivity index (χ1n) is 5.44. The van der Waals surface area contributed by atoms with Crippen molar-refractivity contribution in [2.24, 2.45) is 5.92 Å². The van der Waals surface area contributed by atoms with Crippen LogP contribution in [-0.2, 0) is 9.59 Å². The van der Waals surface area contributed by atoms with Crippen LogP contribution >= 0.6 is 15.9 Å². The lowest BCUT2D eigenvalue weighted by molar-refractivity contribution is -0.140. The molecule has 0 aliphatic carbocycles. The molecule has 5 nitrogen and oxygen atoms in total. The topological polar surface area (TPSA) is 86.6 Å². The molecule has 1 aromatic carbocycles. The van der Waals surface area contributed by atoms with Gasteiger partial charge in [-0.2, -0.15) is 0 Å². The molecule has 1 unspecified atom stereocenters. The number of nitrogens with one attached hydrogen (secondary N) is 1. The second-order valence-electron chi connectivity index (χ2n) is 4.05. The maximum Gasteiger partial charge on any atom is 0.304 e. The van der Waals surface area contributed by atoms with Crippen molar-refractivity contribution in [1.29, 1.82) is 0 Å². The molecular weight excluding hydrogens is 321 g/mol. The lowest BCUT2D eigenvalue weighted by Crippen LogP contribution is -2.28. The van der Waals surface area contributed by atoms with E-state index in [1.165, 1.54) is 12.1 Å². The first-order valence-corrected chi connectivity index (χ1v) is 6.23. The summed E-state index contributed by atoms with van der Waals surface area (Å²) in [5.41, 5.74) is 0.864. The number of anilines is 1. The van der Waals surface area contributed by atoms with Gasteiger partial charge in [-0.3, -0.25) is 9.59 Å². The Morgan fingerprint density at radius 2 is 2.11 bits per heavy atom. The van der Waals surface area contributed by atoms with Crippen molar-refractivity contribution in [2.45, 2.75) is 13.3 Å². The third kappa shape index (κ3) is 4.29. The van der Waals surface area contributed by atoms with E-state index >= 15 is 0 Å². The average Bonchev–Trinajstić information content (AvgIpc) is 2.32. The highest BCUT2D eigenvalue weighted by molar-refractivity contribution is 9.10. The molecule has 1 amide bonds. The minimum atomic E-state index is -1.17. The Morgan fingerprint density at radius 3 is 2.63 bits per heavy atom. The van der Waals surface area contributed by atoms with Gasteiger partial charge in [0.1, 0.15) is 5.82 Å². The molecule has 104 valence electrons. The number of carboxylic acids is 1. The molecular formula is C12H13BrFNO4. The lowest BCUT2D eigenvalue weighted by Gasteiger charge is -2.14. The number of aryl methyl sites for hydroxylation is 1. The number of aliphatic carboxylic acids is 1. The zero-order valence-electron chi connectivity index (χ0n) is 10.1. The van der Waals surface area contributed by atoms with E-state index in [9.17, 15) is 14.0 Å². The van der Waals surface area contributed by atoms with Crippen molar-refractivity contribution in [2.75, 3.05) is 11.9 Å². The predicted octanol–water partition coefficient (Wildman–Crippen LogP) is 1.92. The zero-order chi connectivity index (χ0) is 14.6. The molecule has 0 aliphatic rings. The van der Waals surface area contributed by atoms with Gasteiger partial charge in [0.05, 0.1) is 23.4 Å². The van der Waals surface area contributed by atoms with Gasteiger partial charge >= 0.3 is 5.97 Å². The van der Waals surface area contributed by atoms with E-state index in [1.54, 1.807) is 6.92 Å². The first-order chi connectivity index (χ1) is 8.85. The fourth-order valence-corrected chi connectivity index (χ4v) is 1.81. The molecule has 0 fully saturated rings. The van der Waals surface area contributed by atoms with Crippen LogP contribution < -0.4 is 5.32 Å². The largest absolute Gasteiger partial charge is 0.481 e. The van der Waals surface area contributed by atoms with Gasteiger partial charge in [-0.05, 0) is 40.5 Å². The molecule has 19 heavy (non-hydrogen) atoms. The van der Waals surface area contributed by atoms with Crippen molar-refractivity contribution in [3.63, 3.8) is 0 Å². The number of aliphatic hydroxyl groups is 1. The van der Waals surface area contributed by atoms with Crippen molar-refractivity contribution in [3.05, 3.63) is 28.0 Å². The molecule has 1 rings (SSSR count). The number of aliphatic hydroxyl groups excluding tert-OH is 1. The van der Waals surface area contributed by atoms with Crippen LogP contribution in [0.2, 0.25) is 0 Å². The van der Waals surface area contributed by atoms with Gasteiger partial charge in [-0.1, -0.05) is 0 Å². The molecule has 0 saturated heterocycles. The van der Waals surface area contributed by atoms with E-state index in [0.717, 1.165) is 0 Å². The third-order valence-corrected chi connectivity index (χ3v) is 3.15. The number of carboxylic acid groups (broad SMARTS) is 1. The van der Waals surface area contributed by atoms with Crippen LogP contribution in [0.1, 0.15) is 12.0 Å². The first kappa shape index (κ1) is 15.6. The molecule has 1 atom stereocenters. The van der Waals surface area contributed by atoms with Crippen molar-refractivity contribution in [3.8, 4) is 0 Å². The Labute approximate surface area is 117 Å². The van der Waals surface area contributed by atoms with Crippen LogP contribution in [0.4, 0.5) is 10.1 Å². The van der Waals surface area contributed by atoms with E-state index in [0.29, 0.717) is 11.3 Å². The molecule has 0 spiro atoms. The number of carbonyl (C=O) groups is 2. The van der Waals surface area contributed by atoms with Gasteiger partial charge in [-0.15, -0.1) is 0 Å². The summed E-state index contributed by atoms with van der Waals surface area (Å²) >= 11 is 2.99. The summed E-state index contributed by atoms with van der Waals surface area (Å²) < 4.78 is 13.4. The van der Waals surface area contributed by atoms with Crippen LogP contribution in [0.25, 0.3) is 0 Å². The van der Waals surface area contributed by atoms with E-state index < -0.39 is 36.6 Å². The van der Waals surface area contributed by atoms with E-state index in [1.807, 2.05) is 0 Å². The lowest BCUT2D eigenvalue weighted by atomic mass is 10.1. The van der Waals surface area contributed by atoms with E-state index in [4.69, 9.17) is 10.2 Å². The number of benzene rings is 1. The van der Waals surface area contributed by atoms with Crippen molar-refractivity contribution >= 4 is 33.5 Å². The Bertz CT molecular complexity index is 507. The average molecular weight is 334 g/mol. The van der Waals surface area contributed by atoms with Crippen molar-refractivity contribution < 1.29 is 24.2 Å². The summed E-state index contributed by atoms with van der Waals surface area (Å²) in [5, 5.41) is 20.1. The number of rotatable bonds is 5. The van der Waals surface area contributed by atoms with Gasteiger partial charge in [0, 0.05) is 5.69 Å². The Balaban J connectivity index is 2.86. The maximum atomic E-state index is 13.2. The summed E-state index contributed by atoms with van der Waals surface area (Å²) in [6, 6.07) is 2.63. The van der Waals surface area contributed by atoms with Crippen molar-refractivity contribution in [1.82, 2.24) is 0 Å². The number of hydrogen-bond acceptors (Lipinski definition) is 3. The smallest absolute Gasteiger partial charge is 0.304 e. The highest BCUT2D eigenvalue weighted by Crippen LogP contribution is 2.24. The Morgan fingerprint density at radius 1 is 1.47 bits per heavy atom. The van der Waals surface area contributed by atoms with Crippen LogP contribution in [0.15, 0.2) is 16.6 Å². The number of amides is 1. The standard InChI is InChI=1S/C12H13BrFNO4/c1-6-2-9(14)8(13)4-10(6)15-12(19)7(5-16)3-11(17)18/h2,4,7,16H,3,5H2,1H3,(H,15,19)(H,17,18). The summed E-state index contributed by atoms with van der Waals surface area (Å²) in [7, 11) is 0. The molecule has 0 aliphatic heterocycles. The second-order valence-corrected chi connectivity index (χ2v) is 4.90. The Kier molecular flexibility index (Phi) is 5.44. The number of carbonyl (C=O) groups excluding carboxylic acids is 1. The summed E-state index contributed by atoms with van der Waals surface area (Å²) in [6.07, 6.45) is -0.469. The molecule has 7 heteroatoms. The van der Waals surface area contributed by atoms with Gasteiger partial charge in [0.2, 0.25) is 5.91 Å². The predicted molar refractivity (Wildman–Crippen MR) is 70.3 cm³/mol. The molecule has 3 N–H and O–H groups in total. The third-order valence-electron chi connectivity index (χ3n) is 2.54. The summed E-state index contributed by atoms with van der Waals surface area (Å²) in [6.45, 7) is 1.04. The van der Waals surface area contributed by atoms with Crippen LogP contribution in [0.3, 0.4) is 0 Å². The quantitative estimate of drug-likeness (QED) is 0.768. The summed E-state index contributed by atoms with van der Waals surface area (Å²) in [4.78, 5) is 22.3. The number of hydrogen-bond donors (Lipinski definition) is 3. The van der Waals surface area contributed by atoms with Crippen LogP contribution in [0.5, 0.6) is 0 Å². The highest BCUT2D eigenvalue weighted by Gasteiger charge is 2.21. The molecule has 1 aromatic rings. The molecule has 0 heterocycles. The normalized spacial score (nSPS) is 12.0. The van der Waals surface area contributed by atoms with E-state index in [-0.39, 0.29) is 4.47 Å². The summed E-state index contributed by atoms with van der Waals surface area (Å²) in [5.74, 6) is -3.29. The maximum absolute atomic E-state index is 13.2. The molecule has 0 aromatic heterocycles. The Hall–Kier alpha value is -1.47. The minimum Gasteiger partial charge on any atom is -0.481 e. The highest BCUT2D eigenvalue weighted by atomic mass is 79.9. The van der Waals surface area contributed by atoms with Gasteiger partial charge in [0.25, 0.3) is 0 Å². The zero-order valence-corrected chi connectivity index (χ0v) is 11.7. The molecule has 0 saturated carbocycles. The van der Waals surface area contributed by atoms with Gasteiger partial charge < -0.3 is 15.5 Å². The fraction of sp³-hybridized carbons (Fsp3) is 0.333. The minimum absolute atomic E-state index is 0.187. The molecule has 0 bridgehead atoms. The fourth-order valence-electron chi connectivity index (χ4n) is 1.47. The van der Waals surface area contributed by atoms with Crippen LogP contribution in [-0.4, -0.2) is 28.7 Å². The van der Waals surface area contributed by atoms with Gasteiger partial charge in [0.15, 0.2) is 0 Å². The monoisotopic (exact) mass is 333 g/mol. The van der Waals surface area contributed by atoms with Gasteiger partial charge in [-0.25, -0.2) is 4.39 Å². The van der Waals surface area contributed by atoms with Crippen LogP contribution in [0, 0.1) is 18.7 Å². The number of halogens is 2.